The summed E-state index contributed by atoms with van der Waals surface area (Å²) in [6.07, 6.45) is 2.63. The molecule has 0 atom stereocenters. The van der Waals surface area contributed by atoms with Gasteiger partial charge in [-0.05, 0) is 26.8 Å². The number of hydrogen-bond acceptors (Lipinski definition) is 6. The van der Waals surface area contributed by atoms with Gasteiger partial charge in [0, 0.05) is 25.8 Å². The number of hydrogen-bond donors (Lipinski definition) is 1. The number of anilines is 1. The number of nitrogens with zero attached hydrogens (tertiary/aromatic N) is 3. The Kier molecular flexibility index (Phi) is 4.68. The van der Waals surface area contributed by atoms with Crippen molar-refractivity contribution in [3.63, 3.8) is 0 Å². The van der Waals surface area contributed by atoms with E-state index in [2.05, 4.69) is 20.2 Å². The Morgan fingerprint density at radius 2 is 2.32 bits per heavy atom. The van der Waals surface area contributed by atoms with E-state index in [1.54, 1.807) is 13.1 Å². The molecule has 0 aromatic carbocycles. The lowest BCUT2D eigenvalue weighted by Gasteiger charge is -2.20. The van der Waals surface area contributed by atoms with Gasteiger partial charge in [0.1, 0.15) is 0 Å². The topological polar surface area (TPSA) is 67.3 Å². The van der Waals surface area contributed by atoms with Crippen molar-refractivity contribution in [2.24, 2.45) is 0 Å². The van der Waals surface area contributed by atoms with Crippen LogP contribution < -0.4 is 10.2 Å². The van der Waals surface area contributed by atoms with Crippen LogP contribution in [0.25, 0.3) is 0 Å². The highest BCUT2D eigenvalue weighted by atomic mass is 16.5. The number of carbonyl (C=O) groups is 1. The van der Waals surface area contributed by atoms with Crippen LogP contribution >= 0.6 is 0 Å². The molecular formula is C13H20N4O2. The molecule has 0 radical (unpaired) electrons. The highest BCUT2D eigenvalue weighted by Gasteiger charge is 2.16. The maximum atomic E-state index is 11.7. The lowest BCUT2D eigenvalue weighted by molar-refractivity contribution is 0.0524. The average molecular weight is 264 g/mol. The third-order valence-corrected chi connectivity index (χ3v) is 3.08. The van der Waals surface area contributed by atoms with Crippen molar-refractivity contribution >= 4 is 11.9 Å². The van der Waals surface area contributed by atoms with E-state index < -0.39 is 0 Å². The average Bonchev–Trinajstić information content (AvgIpc) is 2.67. The lowest BCUT2D eigenvalue weighted by atomic mass is 10.2. The Balaban J connectivity index is 2.15. The predicted octanol–water partition coefficient (Wildman–Crippen LogP) is 0.761. The molecule has 0 aliphatic carbocycles. The molecule has 0 amide bonds. The first kappa shape index (κ1) is 13.7. The molecule has 6 nitrogen and oxygen atoms in total. The van der Waals surface area contributed by atoms with Gasteiger partial charge in [0.05, 0.1) is 17.9 Å². The minimum absolute atomic E-state index is 0.357. The summed E-state index contributed by atoms with van der Waals surface area (Å²) in [5.74, 6) is 0.332. The van der Waals surface area contributed by atoms with Crippen LogP contribution in [0, 0.1) is 6.92 Å². The summed E-state index contributed by atoms with van der Waals surface area (Å²) < 4.78 is 4.97. The molecule has 0 saturated carbocycles. The Bertz CT molecular complexity index is 442. The van der Waals surface area contributed by atoms with Crippen molar-refractivity contribution in [1.29, 1.82) is 0 Å². The fourth-order valence-corrected chi connectivity index (χ4v) is 2.06. The Hall–Kier alpha value is -1.69. The van der Waals surface area contributed by atoms with E-state index in [-0.39, 0.29) is 5.97 Å². The van der Waals surface area contributed by atoms with Gasteiger partial charge in [-0.25, -0.2) is 14.8 Å². The molecule has 0 unspecified atom stereocenters. The molecule has 104 valence electrons. The van der Waals surface area contributed by atoms with E-state index in [0.717, 1.165) is 32.6 Å². The summed E-state index contributed by atoms with van der Waals surface area (Å²) >= 11 is 0. The van der Waals surface area contributed by atoms with Crippen LogP contribution in [0.3, 0.4) is 0 Å². The van der Waals surface area contributed by atoms with Gasteiger partial charge in [-0.15, -0.1) is 0 Å². The van der Waals surface area contributed by atoms with Crippen molar-refractivity contribution in [1.82, 2.24) is 15.3 Å². The van der Waals surface area contributed by atoms with Crippen molar-refractivity contribution in [3.05, 3.63) is 17.5 Å². The molecule has 6 heteroatoms. The van der Waals surface area contributed by atoms with Gasteiger partial charge in [-0.2, -0.15) is 0 Å². The molecule has 1 saturated heterocycles. The molecule has 2 heterocycles. The van der Waals surface area contributed by atoms with Gasteiger partial charge < -0.3 is 15.0 Å². The Labute approximate surface area is 113 Å². The second-order valence-electron chi connectivity index (χ2n) is 4.48. The number of ether oxygens (including phenoxy) is 1. The van der Waals surface area contributed by atoms with Crippen LogP contribution in [0.1, 0.15) is 29.4 Å². The summed E-state index contributed by atoms with van der Waals surface area (Å²) in [7, 11) is 0. The van der Waals surface area contributed by atoms with Gasteiger partial charge in [0.15, 0.2) is 0 Å². The van der Waals surface area contributed by atoms with Crippen LogP contribution in [0.15, 0.2) is 6.20 Å². The van der Waals surface area contributed by atoms with Crippen molar-refractivity contribution in [3.8, 4) is 0 Å². The number of rotatable bonds is 3. The standard InChI is InChI=1S/C13H20N4O2/c1-3-19-12(18)11-9-15-13(16-10(11)2)17-7-4-5-14-6-8-17/h9,14H,3-8H2,1-2H3. The number of carbonyl (C=O) groups excluding carboxylic acids is 1. The molecule has 19 heavy (non-hydrogen) atoms. The van der Waals surface area contributed by atoms with Crippen LogP contribution in [0.4, 0.5) is 5.95 Å². The summed E-state index contributed by atoms with van der Waals surface area (Å²) in [5, 5.41) is 3.34. The van der Waals surface area contributed by atoms with E-state index in [9.17, 15) is 4.79 Å². The normalized spacial score (nSPS) is 16.0. The quantitative estimate of drug-likeness (QED) is 0.813. The minimum Gasteiger partial charge on any atom is -0.462 e. The highest BCUT2D eigenvalue weighted by Crippen LogP contribution is 2.13. The SMILES string of the molecule is CCOC(=O)c1cnc(N2CCCNCC2)nc1C. The zero-order valence-corrected chi connectivity index (χ0v) is 11.5. The van der Waals surface area contributed by atoms with Gasteiger partial charge in [-0.1, -0.05) is 0 Å². The Morgan fingerprint density at radius 3 is 3.05 bits per heavy atom. The third-order valence-electron chi connectivity index (χ3n) is 3.08. The van der Waals surface area contributed by atoms with E-state index in [4.69, 9.17) is 4.74 Å². The smallest absolute Gasteiger partial charge is 0.341 e. The van der Waals surface area contributed by atoms with Crippen LogP contribution in [-0.2, 0) is 4.74 Å². The maximum Gasteiger partial charge on any atom is 0.341 e. The van der Waals surface area contributed by atoms with E-state index in [1.807, 2.05) is 6.92 Å². The first-order valence-corrected chi connectivity index (χ1v) is 6.68. The van der Waals surface area contributed by atoms with Crippen molar-refractivity contribution < 1.29 is 9.53 Å². The summed E-state index contributed by atoms with van der Waals surface area (Å²) in [6, 6.07) is 0. The molecule has 2 rings (SSSR count). The van der Waals surface area contributed by atoms with Gasteiger partial charge in [0.2, 0.25) is 5.95 Å². The van der Waals surface area contributed by atoms with Crippen LogP contribution in [-0.4, -0.2) is 48.7 Å². The largest absolute Gasteiger partial charge is 0.462 e. The zero-order chi connectivity index (χ0) is 13.7. The fourth-order valence-electron chi connectivity index (χ4n) is 2.06. The summed E-state index contributed by atoms with van der Waals surface area (Å²) in [4.78, 5) is 22.5. The number of aryl methyl sites for hydroxylation is 1. The lowest BCUT2D eigenvalue weighted by Crippen LogP contribution is -2.29. The highest BCUT2D eigenvalue weighted by molar-refractivity contribution is 5.90. The Morgan fingerprint density at radius 1 is 1.47 bits per heavy atom. The van der Waals surface area contributed by atoms with E-state index in [1.165, 1.54) is 0 Å². The first-order chi connectivity index (χ1) is 9.22. The molecule has 1 aliphatic heterocycles. The van der Waals surface area contributed by atoms with Gasteiger partial charge >= 0.3 is 5.97 Å². The first-order valence-electron chi connectivity index (χ1n) is 6.68. The fraction of sp³-hybridized carbons (Fsp3) is 0.615. The summed E-state index contributed by atoms with van der Waals surface area (Å²) in [5.41, 5.74) is 1.11. The van der Waals surface area contributed by atoms with Crippen LogP contribution in [0.2, 0.25) is 0 Å². The van der Waals surface area contributed by atoms with Crippen molar-refractivity contribution in [2.75, 3.05) is 37.7 Å². The third kappa shape index (κ3) is 3.41. The molecule has 0 spiro atoms. The van der Waals surface area contributed by atoms with Gasteiger partial charge in [-0.3, -0.25) is 0 Å². The molecule has 1 fully saturated rings. The molecular weight excluding hydrogens is 244 g/mol. The maximum absolute atomic E-state index is 11.7. The summed E-state index contributed by atoms with van der Waals surface area (Å²) in [6.45, 7) is 7.74. The molecule has 1 aromatic heterocycles. The number of aromatic nitrogens is 2. The molecule has 1 aliphatic rings. The molecule has 1 N–H and O–H groups in total. The molecule has 1 aromatic rings. The van der Waals surface area contributed by atoms with Crippen molar-refractivity contribution in [2.45, 2.75) is 20.3 Å². The van der Waals surface area contributed by atoms with Crippen LogP contribution in [0.5, 0.6) is 0 Å². The number of esters is 1. The minimum atomic E-state index is -0.357. The predicted molar refractivity (Wildman–Crippen MR) is 72.4 cm³/mol. The second-order valence-corrected chi connectivity index (χ2v) is 4.48. The van der Waals surface area contributed by atoms with E-state index >= 15 is 0 Å². The van der Waals surface area contributed by atoms with E-state index in [0.29, 0.717) is 23.8 Å². The monoisotopic (exact) mass is 264 g/mol. The zero-order valence-electron chi connectivity index (χ0n) is 11.5. The van der Waals surface area contributed by atoms with Gasteiger partial charge in [0.25, 0.3) is 0 Å². The second kappa shape index (κ2) is 6.47. The molecule has 0 bridgehead atoms. The number of nitrogens with one attached hydrogen (secondary N) is 1.